The van der Waals surface area contributed by atoms with E-state index in [1.54, 1.807) is 0 Å². The van der Waals surface area contributed by atoms with Gasteiger partial charge in [-0.15, -0.1) is 0 Å². The molecule has 3 nitrogen and oxygen atoms in total. The average molecular weight is 539 g/mol. The number of hydrogen-bond acceptors (Lipinski definition) is 3. The van der Waals surface area contributed by atoms with E-state index in [-0.39, 0.29) is 0 Å². The van der Waals surface area contributed by atoms with E-state index >= 15 is 0 Å². The summed E-state index contributed by atoms with van der Waals surface area (Å²) in [7, 11) is 0. The molecule has 0 amide bonds. The maximum Gasteiger partial charge on any atom is 0.155 e. The summed E-state index contributed by atoms with van der Waals surface area (Å²) in [6.45, 7) is 0. The highest BCUT2D eigenvalue weighted by Crippen LogP contribution is 2.44. The van der Waals surface area contributed by atoms with E-state index in [1.807, 2.05) is 24.5 Å². The fourth-order valence-corrected chi connectivity index (χ4v) is 5.92. The van der Waals surface area contributed by atoms with Crippen LogP contribution in [0.3, 0.4) is 0 Å². The molecule has 0 unspecified atom stereocenters. The van der Waals surface area contributed by atoms with Crippen LogP contribution in [0.2, 0.25) is 0 Å². The zero-order valence-electron chi connectivity index (χ0n) is 22.8. The summed E-state index contributed by atoms with van der Waals surface area (Å²) in [5.41, 5.74) is 9.42. The number of anilines is 3. The van der Waals surface area contributed by atoms with E-state index in [1.165, 1.54) is 16.7 Å². The van der Waals surface area contributed by atoms with Crippen LogP contribution in [-0.2, 0) is 0 Å². The Kier molecular flexibility index (Phi) is 5.79. The van der Waals surface area contributed by atoms with Crippen LogP contribution >= 0.6 is 0 Å². The Morgan fingerprint density at radius 1 is 0.476 bits per heavy atom. The summed E-state index contributed by atoms with van der Waals surface area (Å²) in [5, 5.41) is 4.37. The van der Waals surface area contributed by atoms with Gasteiger partial charge >= 0.3 is 0 Å². The lowest BCUT2D eigenvalue weighted by Crippen LogP contribution is -2.10. The molecule has 198 valence electrons. The molecule has 3 heteroatoms. The van der Waals surface area contributed by atoms with Crippen LogP contribution in [0.1, 0.15) is 0 Å². The minimum Gasteiger partial charge on any atom is -0.454 e. The molecule has 0 aliphatic heterocycles. The largest absolute Gasteiger partial charge is 0.454 e. The Bertz CT molecular complexity index is 2180. The molecule has 0 fully saturated rings. The van der Waals surface area contributed by atoms with Gasteiger partial charge < -0.3 is 9.32 Å². The van der Waals surface area contributed by atoms with Crippen LogP contribution in [0.4, 0.5) is 17.1 Å². The van der Waals surface area contributed by atoms with Gasteiger partial charge in [0.25, 0.3) is 0 Å². The molecule has 2 heterocycles. The molecule has 0 atom stereocenters. The number of nitrogens with zero attached hydrogens (tertiary/aromatic N) is 2. The number of furan rings is 1. The van der Waals surface area contributed by atoms with Gasteiger partial charge in [-0.1, -0.05) is 115 Å². The van der Waals surface area contributed by atoms with Gasteiger partial charge in [0.2, 0.25) is 0 Å². The Hall–Kier alpha value is -5.67. The molecular weight excluding hydrogens is 512 g/mol. The van der Waals surface area contributed by atoms with Crippen LogP contribution in [0.5, 0.6) is 0 Å². The lowest BCUT2D eigenvalue weighted by Gasteiger charge is -2.26. The monoisotopic (exact) mass is 538 g/mol. The maximum absolute atomic E-state index is 6.51. The summed E-state index contributed by atoms with van der Waals surface area (Å²) in [6, 6.07) is 51.1. The summed E-state index contributed by atoms with van der Waals surface area (Å²) >= 11 is 0. The average Bonchev–Trinajstić information content (AvgIpc) is 3.46. The number of rotatable bonds is 5. The number of fused-ring (bicyclic) bond motifs is 5. The highest BCUT2D eigenvalue weighted by molar-refractivity contribution is 6.19. The van der Waals surface area contributed by atoms with Crippen molar-refractivity contribution in [1.29, 1.82) is 0 Å². The lowest BCUT2D eigenvalue weighted by molar-refractivity contribution is 0.670. The van der Waals surface area contributed by atoms with Crippen molar-refractivity contribution in [3.05, 3.63) is 158 Å². The smallest absolute Gasteiger partial charge is 0.155 e. The lowest BCUT2D eigenvalue weighted by atomic mass is 10.0. The molecule has 0 saturated carbocycles. The van der Waals surface area contributed by atoms with Crippen molar-refractivity contribution >= 4 is 49.8 Å². The van der Waals surface area contributed by atoms with Gasteiger partial charge in [0.1, 0.15) is 5.58 Å². The third-order valence-corrected chi connectivity index (χ3v) is 7.94. The number of pyridine rings is 1. The van der Waals surface area contributed by atoms with Crippen LogP contribution < -0.4 is 4.90 Å². The second-order valence-corrected chi connectivity index (χ2v) is 10.5. The minimum atomic E-state index is 0.768. The number of hydrogen-bond donors (Lipinski definition) is 0. The first-order valence-corrected chi connectivity index (χ1v) is 14.1. The van der Waals surface area contributed by atoms with Gasteiger partial charge in [0.05, 0.1) is 23.5 Å². The molecule has 0 bridgehead atoms. The summed E-state index contributed by atoms with van der Waals surface area (Å²) in [4.78, 5) is 6.96. The number of benzene rings is 6. The van der Waals surface area contributed by atoms with Crippen molar-refractivity contribution in [1.82, 2.24) is 4.98 Å². The third-order valence-electron chi connectivity index (χ3n) is 7.94. The molecule has 0 saturated heterocycles. The van der Waals surface area contributed by atoms with Crippen molar-refractivity contribution in [2.75, 3.05) is 4.90 Å². The van der Waals surface area contributed by atoms with Crippen molar-refractivity contribution in [2.45, 2.75) is 0 Å². The molecule has 0 spiro atoms. The normalized spacial score (nSPS) is 11.3. The summed E-state index contributed by atoms with van der Waals surface area (Å²) in [5.74, 6) is 0. The second kappa shape index (κ2) is 10.1. The van der Waals surface area contributed by atoms with Gasteiger partial charge in [-0.3, -0.25) is 4.98 Å². The van der Waals surface area contributed by atoms with Gasteiger partial charge in [0.15, 0.2) is 5.58 Å². The van der Waals surface area contributed by atoms with Crippen molar-refractivity contribution in [3.8, 4) is 22.3 Å². The SMILES string of the molecule is c1ccc(-c2ccc(N(c3cccc(-c4ccccc4)c3)c3cncc4oc5c6ccccc6ccc5c34)cc2)cc1. The highest BCUT2D eigenvalue weighted by Gasteiger charge is 2.21. The van der Waals surface area contributed by atoms with E-state index in [2.05, 4.69) is 143 Å². The van der Waals surface area contributed by atoms with Crippen molar-refractivity contribution < 1.29 is 4.42 Å². The molecule has 42 heavy (non-hydrogen) atoms. The zero-order valence-corrected chi connectivity index (χ0v) is 22.8. The second-order valence-electron chi connectivity index (χ2n) is 10.5. The van der Waals surface area contributed by atoms with Gasteiger partial charge in [-0.2, -0.15) is 0 Å². The van der Waals surface area contributed by atoms with Crippen molar-refractivity contribution in [3.63, 3.8) is 0 Å². The molecule has 6 aromatic carbocycles. The minimum absolute atomic E-state index is 0.768. The quantitative estimate of drug-likeness (QED) is 0.218. The van der Waals surface area contributed by atoms with E-state index in [4.69, 9.17) is 4.42 Å². The van der Waals surface area contributed by atoms with Gasteiger partial charge in [-0.05, 0) is 58.0 Å². The molecule has 8 aromatic rings. The summed E-state index contributed by atoms with van der Waals surface area (Å²) < 4.78 is 6.51. The Morgan fingerprint density at radius 3 is 1.93 bits per heavy atom. The van der Waals surface area contributed by atoms with Crippen LogP contribution in [0.25, 0.3) is 55.0 Å². The molecule has 0 aliphatic rings. The molecule has 0 aliphatic carbocycles. The molecule has 0 N–H and O–H groups in total. The van der Waals surface area contributed by atoms with E-state index in [9.17, 15) is 0 Å². The molecular formula is C39H26N2O. The maximum atomic E-state index is 6.51. The predicted molar refractivity (Wildman–Crippen MR) is 175 cm³/mol. The van der Waals surface area contributed by atoms with E-state index in [0.717, 1.165) is 55.3 Å². The standard InChI is InChI=1S/C39H26N2O/c1-3-10-27(11-4-1)29-18-21-32(22-19-29)41(33-16-9-15-31(24-33)28-12-5-2-6-13-28)36-25-40-26-37-38(36)35-23-20-30-14-7-8-17-34(30)39(35)42-37/h1-26H. The topological polar surface area (TPSA) is 29.3 Å². The summed E-state index contributed by atoms with van der Waals surface area (Å²) in [6.07, 6.45) is 3.78. The number of aromatic nitrogens is 1. The predicted octanol–water partition coefficient (Wildman–Crippen LogP) is 10.9. The fraction of sp³-hybridized carbons (Fsp3) is 0. The van der Waals surface area contributed by atoms with E-state index < -0.39 is 0 Å². The highest BCUT2D eigenvalue weighted by atomic mass is 16.3. The van der Waals surface area contributed by atoms with Crippen LogP contribution in [-0.4, -0.2) is 4.98 Å². The fourth-order valence-electron chi connectivity index (χ4n) is 5.92. The van der Waals surface area contributed by atoms with Crippen LogP contribution in [0, 0.1) is 0 Å². The first-order chi connectivity index (χ1) is 20.8. The third kappa shape index (κ3) is 4.11. The molecule has 0 radical (unpaired) electrons. The van der Waals surface area contributed by atoms with Crippen molar-refractivity contribution in [2.24, 2.45) is 0 Å². The first kappa shape index (κ1) is 24.2. The zero-order chi connectivity index (χ0) is 27.9. The van der Waals surface area contributed by atoms with Gasteiger partial charge in [-0.25, -0.2) is 0 Å². The Morgan fingerprint density at radius 2 is 1.14 bits per heavy atom. The Labute approximate surface area is 243 Å². The molecule has 2 aromatic heterocycles. The Balaban J connectivity index is 1.36. The first-order valence-electron chi connectivity index (χ1n) is 14.1. The van der Waals surface area contributed by atoms with Crippen LogP contribution in [0.15, 0.2) is 162 Å². The van der Waals surface area contributed by atoms with E-state index in [0.29, 0.717) is 0 Å². The van der Waals surface area contributed by atoms with Gasteiger partial charge in [0, 0.05) is 22.1 Å². The molecule has 8 rings (SSSR count).